The van der Waals surface area contributed by atoms with Crippen molar-refractivity contribution in [3.05, 3.63) is 106 Å². The molecule has 0 aliphatic heterocycles. The fourth-order valence-electron chi connectivity index (χ4n) is 5.07. The van der Waals surface area contributed by atoms with Crippen LogP contribution in [0.3, 0.4) is 0 Å². The lowest BCUT2D eigenvalue weighted by Crippen LogP contribution is -2.34. The van der Waals surface area contributed by atoms with E-state index in [1.54, 1.807) is 23.0 Å². The van der Waals surface area contributed by atoms with Crippen LogP contribution in [0.25, 0.3) is 11.1 Å². The summed E-state index contributed by atoms with van der Waals surface area (Å²) in [6.07, 6.45) is 7.20. The van der Waals surface area contributed by atoms with E-state index in [1.807, 2.05) is 0 Å². The van der Waals surface area contributed by atoms with Crippen molar-refractivity contribution in [3.63, 3.8) is 0 Å². The normalized spacial score (nSPS) is 13.5. The highest BCUT2D eigenvalue weighted by Gasteiger charge is 2.24. The highest BCUT2D eigenvalue weighted by atomic mass is 19.1. The SMILES string of the molecule is NC(=O)c1cc(-c2cccnc2C(Cc2cc(F)cc(F)c2)NC(=O)Cn2ncc3c2CCCC3)ccc1F. The number of nitrogens with one attached hydrogen (secondary N) is 1. The van der Waals surface area contributed by atoms with Gasteiger partial charge in [0.1, 0.15) is 24.0 Å². The van der Waals surface area contributed by atoms with Crippen molar-refractivity contribution < 1.29 is 22.8 Å². The van der Waals surface area contributed by atoms with E-state index in [1.165, 1.54) is 30.5 Å². The molecule has 0 saturated carbocycles. The summed E-state index contributed by atoms with van der Waals surface area (Å²) < 4.78 is 43.9. The maximum atomic E-state index is 14.2. The molecule has 2 amide bonds. The number of halogens is 3. The zero-order valence-electron chi connectivity index (χ0n) is 21.0. The minimum absolute atomic E-state index is 0.0194. The molecule has 0 saturated heterocycles. The van der Waals surface area contributed by atoms with Crippen molar-refractivity contribution in [2.45, 2.75) is 44.7 Å². The molecule has 10 heteroatoms. The first-order valence-corrected chi connectivity index (χ1v) is 12.6. The standard InChI is InChI=1S/C29H26F3N5O2/c30-20-10-17(11-21(31)14-20)12-25(36-27(38)16-37-26-6-2-1-4-19(26)15-35-37)28-22(5-3-9-34-28)18-7-8-24(32)23(13-18)29(33)39/h3,5,7-11,13-15,25H,1-2,4,6,12,16H2,(H2,33,39)(H,36,38). The molecule has 1 aliphatic carbocycles. The van der Waals surface area contributed by atoms with Gasteiger partial charge in [-0.25, -0.2) is 13.2 Å². The number of rotatable bonds is 8. The third kappa shape index (κ3) is 5.84. The fourth-order valence-corrected chi connectivity index (χ4v) is 5.07. The second-order valence-corrected chi connectivity index (χ2v) is 9.58. The fraction of sp³-hybridized carbons (Fsp3) is 0.241. The molecule has 5 rings (SSSR count). The Morgan fingerprint density at radius 1 is 1.03 bits per heavy atom. The van der Waals surface area contributed by atoms with Crippen LogP contribution in [0.5, 0.6) is 0 Å². The number of nitrogens with zero attached hydrogens (tertiary/aromatic N) is 3. The van der Waals surface area contributed by atoms with Crippen molar-refractivity contribution >= 4 is 11.8 Å². The van der Waals surface area contributed by atoms with Gasteiger partial charge < -0.3 is 11.1 Å². The third-order valence-corrected chi connectivity index (χ3v) is 6.85. The van der Waals surface area contributed by atoms with Gasteiger partial charge in [-0.05, 0) is 79.1 Å². The molecule has 0 bridgehead atoms. The lowest BCUT2D eigenvalue weighted by Gasteiger charge is -2.22. The first kappa shape index (κ1) is 26.1. The van der Waals surface area contributed by atoms with Crippen LogP contribution < -0.4 is 11.1 Å². The molecule has 1 aliphatic rings. The van der Waals surface area contributed by atoms with Crippen LogP contribution in [0.4, 0.5) is 13.2 Å². The Hall–Kier alpha value is -4.47. The van der Waals surface area contributed by atoms with E-state index >= 15 is 0 Å². The average Bonchev–Trinajstić information content (AvgIpc) is 3.30. The largest absolute Gasteiger partial charge is 0.366 e. The molecule has 4 aromatic rings. The number of nitrogens with two attached hydrogens (primary N) is 1. The summed E-state index contributed by atoms with van der Waals surface area (Å²) in [5.74, 6) is -3.54. The molecule has 7 nitrogen and oxygen atoms in total. The Bertz CT molecular complexity index is 1530. The lowest BCUT2D eigenvalue weighted by molar-refractivity contribution is -0.122. The molecular weight excluding hydrogens is 507 g/mol. The minimum atomic E-state index is -0.928. The second kappa shape index (κ2) is 11.1. The van der Waals surface area contributed by atoms with E-state index < -0.39 is 29.4 Å². The highest BCUT2D eigenvalue weighted by Crippen LogP contribution is 2.30. The molecule has 1 unspecified atom stereocenters. The maximum Gasteiger partial charge on any atom is 0.251 e. The number of benzene rings is 2. The van der Waals surface area contributed by atoms with Gasteiger partial charge in [-0.2, -0.15) is 5.10 Å². The number of carbonyl (C=O) groups excluding carboxylic acids is 2. The summed E-state index contributed by atoms with van der Waals surface area (Å²) in [7, 11) is 0. The van der Waals surface area contributed by atoms with Crippen LogP contribution >= 0.6 is 0 Å². The van der Waals surface area contributed by atoms with Crippen LogP contribution in [0.15, 0.2) is 60.9 Å². The topological polar surface area (TPSA) is 103 Å². The Kier molecular flexibility index (Phi) is 7.44. The zero-order chi connectivity index (χ0) is 27.5. The highest BCUT2D eigenvalue weighted by molar-refractivity contribution is 5.94. The zero-order valence-corrected chi connectivity index (χ0v) is 21.0. The summed E-state index contributed by atoms with van der Waals surface area (Å²) in [4.78, 5) is 29.5. The van der Waals surface area contributed by atoms with Crippen LogP contribution in [0.1, 0.15) is 51.8 Å². The van der Waals surface area contributed by atoms with Crippen molar-refractivity contribution in [2.75, 3.05) is 0 Å². The molecule has 2 heterocycles. The summed E-state index contributed by atoms with van der Waals surface area (Å²) >= 11 is 0. The lowest BCUT2D eigenvalue weighted by atomic mass is 9.94. The van der Waals surface area contributed by atoms with Crippen LogP contribution in [0.2, 0.25) is 0 Å². The number of amides is 2. The number of aromatic nitrogens is 3. The Morgan fingerprint density at radius 2 is 1.79 bits per heavy atom. The van der Waals surface area contributed by atoms with Gasteiger partial charge in [-0.3, -0.25) is 19.3 Å². The van der Waals surface area contributed by atoms with Gasteiger partial charge in [-0.15, -0.1) is 0 Å². The Balaban J connectivity index is 1.51. The number of carbonyl (C=O) groups is 2. The van der Waals surface area contributed by atoms with E-state index in [0.717, 1.165) is 49.1 Å². The molecular formula is C29H26F3N5O2. The number of pyridine rings is 1. The van der Waals surface area contributed by atoms with Crippen LogP contribution in [0, 0.1) is 17.5 Å². The summed E-state index contributed by atoms with van der Waals surface area (Å²) in [6.45, 7) is -0.0338. The number of fused-ring (bicyclic) bond motifs is 1. The van der Waals surface area contributed by atoms with E-state index in [2.05, 4.69) is 15.4 Å². The molecule has 2 aromatic carbocycles. The number of aryl methyl sites for hydroxylation is 1. The monoisotopic (exact) mass is 533 g/mol. The van der Waals surface area contributed by atoms with E-state index in [9.17, 15) is 22.8 Å². The van der Waals surface area contributed by atoms with Crippen molar-refractivity contribution in [1.82, 2.24) is 20.1 Å². The van der Waals surface area contributed by atoms with Crippen molar-refractivity contribution in [1.29, 1.82) is 0 Å². The summed E-state index contributed by atoms with van der Waals surface area (Å²) in [5.41, 5.74) is 8.84. The van der Waals surface area contributed by atoms with Gasteiger partial charge in [0.25, 0.3) is 5.91 Å². The molecule has 0 radical (unpaired) electrons. The van der Waals surface area contributed by atoms with E-state index in [-0.39, 0.29) is 24.4 Å². The molecule has 3 N–H and O–H groups in total. The molecule has 1 atom stereocenters. The van der Waals surface area contributed by atoms with E-state index in [4.69, 9.17) is 5.73 Å². The van der Waals surface area contributed by atoms with E-state index in [0.29, 0.717) is 22.4 Å². The van der Waals surface area contributed by atoms with Gasteiger partial charge >= 0.3 is 0 Å². The number of primary amides is 1. The molecule has 2 aromatic heterocycles. The predicted octanol–water partition coefficient (Wildman–Crippen LogP) is 4.44. The number of hydrogen-bond acceptors (Lipinski definition) is 4. The van der Waals surface area contributed by atoms with Gasteiger partial charge in [0, 0.05) is 23.5 Å². The van der Waals surface area contributed by atoms with Gasteiger partial charge in [-0.1, -0.05) is 12.1 Å². The number of hydrogen-bond donors (Lipinski definition) is 2. The molecule has 0 fully saturated rings. The first-order chi connectivity index (χ1) is 18.8. The van der Waals surface area contributed by atoms with Crippen LogP contribution in [-0.2, 0) is 30.6 Å². The maximum absolute atomic E-state index is 14.2. The smallest absolute Gasteiger partial charge is 0.251 e. The Labute approximate surface area is 222 Å². The average molecular weight is 534 g/mol. The summed E-state index contributed by atoms with van der Waals surface area (Å²) in [5, 5.41) is 7.34. The third-order valence-electron chi connectivity index (χ3n) is 6.85. The van der Waals surface area contributed by atoms with Gasteiger partial charge in [0.15, 0.2) is 0 Å². The van der Waals surface area contributed by atoms with Crippen molar-refractivity contribution in [2.24, 2.45) is 5.73 Å². The predicted molar refractivity (Wildman–Crippen MR) is 138 cm³/mol. The first-order valence-electron chi connectivity index (χ1n) is 12.6. The molecule has 39 heavy (non-hydrogen) atoms. The molecule has 0 spiro atoms. The summed E-state index contributed by atoms with van der Waals surface area (Å²) in [6, 6.07) is 9.61. The minimum Gasteiger partial charge on any atom is -0.366 e. The Morgan fingerprint density at radius 3 is 2.56 bits per heavy atom. The molecule has 200 valence electrons. The van der Waals surface area contributed by atoms with Crippen molar-refractivity contribution in [3.8, 4) is 11.1 Å². The van der Waals surface area contributed by atoms with Gasteiger partial charge in [0.2, 0.25) is 5.91 Å². The van der Waals surface area contributed by atoms with Gasteiger partial charge in [0.05, 0.1) is 23.5 Å². The second-order valence-electron chi connectivity index (χ2n) is 9.58. The van der Waals surface area contributed by atoms with Crippen LogP contribution in [-0.4, -0.2) is 26.6 Å². The quantitative estimate of drug-likeness (QED) is 0.350.